The molecule has 2 heterocycles. The molecular weight excluding hydrogens is 378 g/mol. The van der Waals surface area contributed by atoms with Gasteiger partial charge in [0.2, 0.25) is 21.8 Å². The predicted molar refractivity (Wildman–Crippen MR) is 107 cm³/mol. The van der Waals surface area contributed by atoms with Crippen LogP contribution in [-0.2, 0) is 21.4 Å². The van der Waals surface area contributed by atoms with Gasteiger partial charge in [0.15, 0.2) is 0 Å². The number of sulfonamides is 1. The lowest BCUT2D eigenvalue weighted by atomic mass is 9.99. The molecule has 2 aliphatic rings. The highest BCUT2D eigenvalue weighted by molar-refractivity contribution is 7.89. The molecule has 1 aromatic rings. The summed E-state index contributed by atoms with van der Waals surface area (Å²) in [7, 11) is -3.26. The van der Waals surface area contributed by atoms with E-state index in [9.17, 15) is 13.2 Å². The Bertz CT molecular complexity index is 762. The Kier molecular flexibility index (Phi) is 7.29. The maximum Gasteiger partial charge on any atom is 0.224 e. The van der Waals surface area contributed by atoms with Gasteiger partial charge in [0, 0.05) is 31.4 Å². The van der Waals surface area contributed by atoms with Gasteiger partial charge in [-0.1, -0.05) is 13.0 Å². The molecule has 0 aromatic carbocycles. The van der Waals surface area contributed by atoms with Crippen LogP contribution in [0.1, 0.15) is 57.4 Å². The second-order valence-corrected chi connectivity index (χ2v) is 9.81. The van der Waals surface area contributed by atoms with Crippen molar-refractivity contribution < 1.29 is 17.9 Å². The lowest BCUT2D eigenvalue weighted by molar-refractivity contribution is -0.126. The summed E-state index contributed by atoms with van der Waals surface area (Å²) in [6.45, 7) is 2.97. The van der Waals surface area contributed by atoms with Crippen LogP contribution in [-0.4, -0.2) is 48.6 Å². The number of carbonyl (C=O) groups is 1. The number of hydrogen-bond acceptors (Lipinski definition) is 5. The number of rotatable bonds is 8. The number of amides is 1. The van der Waals surface area contributed by atoms with Crippen LogP contribution in [0.5, 0.6) is 5.88 Å². The molecule has 8 heteroatoms. The molecule has 3 rings (SSSR count). The summed E-state index contributed by atoms with van der Waals surface area (Å²) in [5.41, 5.74) is 0.856. The summed E-state index contributed by atoms with van der Waals surface area (Å²) in [4.78, 5) is 17.0. The zero-order valence-corrected chi connectivity index (χ0v) is 17.4. The Morgan fingerprint density at radius 3 is 2.82 bits per heavy atom. The summed E-state index contributed by atoms with van der Waals surface area (Å²) in [5.74, 6) is 0.313. The summed E-state index contributed by atoms with van der Waals surface area (Å²) in [6.07, 6.45) is 8.38. The van der Waals surface area contributed by atoms with E-state index in [-0.39, 0.29) is 30.2 Å². The molecular formula is C20H31N3O4S. The molecule has 1 N–H and O–H groups in total. The Balaban J connectivity index is 1.56. The average molecular weight is 410 g/mol. The first kappa shape index (κ1) is 21.0. The van der Waals surface area contributed by atoms with E-state index in [1.807, 2.05) is 19.1 Å². The van der Waals surface area contributed by atoms with Crippen LogP contribution >= 0.6 is 0 Å². The number of piperidine rings is 1. The third kappa shape index (κ3) is 5.44. The zero-order chi connectivity index (χ0) is 20.0. The molecule has 1 unspecified atom stereocenters. The molecule has 28 heavy (non-hydrogen) atoms. The first-order valence-corrected chi connectivity index (χ1v) is 12.0. The second kappa shape index (κ2) is 9.69. The van der Waals surface area contributed by atoms with Crippen molar-refractivity contribution in [1.82, 2.24) is 14.6 Å². The highest BCUT2D eigenvalue weighted by Crippen LogP contribution is 2.25. The van der Waals surface area contributed by atoms with Gasteiger partial charge in [-0.15, -0.1) is 0 Å². The Hall–Kier alpha value is -1.67. The highest BCUT2D eigenvalue weighted by Gasteiger charge is 2.31. The molecule has 7 nitrogen and oxygen atoms in total. The van der Waals surface area contributed by atoms with Gasteiger partial charge in [0.1, 0.15) is 6.10 Å². The SMILES string of the molecule is CCCS(=O)(=O)N1CCCC(C(=O)NCc2cccnc2OC2CCCC2)C1. The Morgan fingerprint density at radius 2 is 2.07 bits per heavy atom. The topological polar surface area (TPSA) is 88.6 Å². The number of aromatic nitrogens is 1. The van der Waals surface area contributed by atoms with Crippen LogP contribution in [0.25, 0.3) is 0 Å². The van der Waals surface area contributed by atoms with E-state index in [0.717, 1.165) is 18.4 Å². The quantitative estimate of drug-likeness (QED) is 0.712. The predicted octanol–water partition coefficient (Wildman–Crippen LogP) is 2.47. The van der Waals surface area contributed by atoms with E-state index < -0.39 is 10.0 Å². The van der Waals surface area contributed by atoms with Crippen molar-refractivity contribution >= 4 is 15.9 Å². The van der Waals surface area contributed by atoms with Gasteiger partial charge >= 0.3 is 0 Å². The first-order valence-electron chi connectivity index (χ1n) is 10.4. The monoisotopic (exact) mass is 409 g/mol. The lowest BCUT2D eigenvalue weighted by Gasteiger charge is -2.31. The van der Waals surface area contributed by atoms with Gasteiger partial charge in [0.25, 0.3) is 0 Å². The molecule has 1 aliphatic heterocycles. The molecule has 0 radical (unpaired) electrons. The molecule has 1 amide bonds. The van der Waals surface area contributed by atoms with Gasteiger partial charge < -0.3 is 10.1 Å². The number of nitrogens with one attached hydrogen (secondary N) is 1. The van der Waals surface area contributed by atoms with E-state index in [0.29, 0.717) is 38.2 Å². The Labute approximate surface area is 167 Å². The van der Waals surface area contributed by atoms with Crippen molar-refractivity contribution in [3.05, 3.63) is 23.9 Å². The molecule has 2 fully saturated rings. The van der Waals surface area contributed by atoms with Crippen LogP contribution in [0.2, 0.25) is 0 Å². The van der Waals surface area contributed by atoms with Crippen LogP contribution in [0.3, 0.4) is 0 Å². The Morgan fingerprint density at radius 1 is 1.29 bits per heavy atom. The average Bonchev–Trinajstić information content (AvgIpc) is 3.20. The number of carbonyl (C=O) groups excluding carboxylic acids is 1. The number of pyridine rings is 1. The number of nitrogens with zero attached hydrogens (tertiary/aromatic N) is 2. The third-order valence-electron chi connectivity index (χ3n) is 5.49. The summed E-state index contributed by atoms with van der Waals surface area (Å²) < 4.78 is 32.1. The number of hydrogen-bond donors (Lipinski definition) is 1. The van der Waals surface area contributed by atoms with Gasteiger partial charge in [-0.2, -0.15) is 0 Å². The molecule has 1 aliphatic carbocycles. The van der Waals surface area contributed by atoms with Crippen molar-refractivity contribution in [3.8, 4) is 5.88 Å². The van der Waals surface area contributed by atoms with Gasteiger partial charge in [0.05, 0.1) is 11.7 Å². The fraction of sp³-hybridized carbons (Fsp3) is 0.700. The maximum absolute atomic E-state index is 12.7. The smallest absolute Gasteiger partial charge is 0.224 e. The molecule has 1 atom stereocenters. The molecule has 1 aromatic heterocycles. The summed E-state index contributed by atoms with van der Waals surface area (Å²) in [6, 6.07) is 3.75. The maximum atomic E-state index is 12.7. The van der Waals surface area contributed by atoms with Crippen molar-refractivity contribution in [2.75, 3.05) is 18.8 Å². The first-order chi connectivity index (χ1) is 13.5. The fourth-order valence-electron chi connectivity index (χ4n) is 3.95. The standard InChI is InChI=1S/C20H31N3O4S/c1-2-13-28(25,26)23-12-6-8-17(15-23)19(24)22-14-16-7-5-11-21-20(16)27-18-9-3-4-10-18/h5,7,11,17-18H,2-4,6,8-10,12-15H2,1H3,(H,22,24). The van der Waals surface area contributed by atoms with Crippen LogP contribution < -0.4 is 10.1 Å². The minimum absolute atomic E-state index is 0.105. The highest BCUT2D eigenvalue weighted by atomic mass is 32.2. The van der Waals surface area contributed by atoms with Crippen molar-refractivity contribution in [3.63, 3.8) is 0 Å². The van der Waals surface area contributed by atoms with E-state index in [1.165, 1.54) is 17.1 Å². The third-order valence-corrected chi connectivity index (χ3v) is 7.54. The van der Waals surface area contributed by atoms with E-state index in [1.54, 1.807) is 6.20 Å². The molecule has 1 saturated heterocycles. The van der Waals surface area contributed by atoms with Crippen LogP contribution in [0.4, 0.5) is 0 Å². The molecule has 156 valence electrons. The van der Waals surface area contributed by atoms with Crippen LogP contribution in [0.15, 0.2) is 18.3 Å². The van der Waals surface area contributed by atoms with E-state index in [4.69, 9.17) is 4.74 Å². The minimum atomic E-state index is -3.26. The van der Waals surface area contributed by atoms with E-state index >= 15 is 0 Å². The van der Waals surface area contributed by atoms with Gasteiger partial charge in [-0.05, 0) is 51.0 Å². The van der Waals surface area contributed by atoms with Gasteiger partial charge in [-0.25, -0.2) is 17.7 Å². The minimum Gasteiger partial charge on any atom is -0.474 e. The normalized spacial score (nSPS) is 21.5. The van der Waals surface area contributed by atoms with Crippen molar-refractivity contribution in [2.45, 2.75) is 64.5 Å². The second-order valence-electron chi connectivity index (χ2n) is 7.72. The van der Waals surface area contributed by atoms with Crippen LogP contribution in [0, 0.1) is 5.92 Å². The van der Waals surface area contributed by atoms with Crippen molar-refractivity contribution in [2.24, 2.45) is 5.92 Å². The lowest BCUT2D eigenvalue weighted by Crippen LogP contribution is -2.45. The van der Waals surface area contributed by atoms with Gasteiger partial charge in [-0.3, -0.25) is 4.79 Å². The van der Waals surface area contributed by atoms with E-state index in [2.05, 4.69) is 10.3 Å². The molecule has 0 bridgehead atoms. The van der Waals surface area contributed by atoms with Crippen molar-refractivity contribution in [1.29, 1.82) is 0 Å². The molecule has 0 spiro atoms. The fourth-order valence-corrected chi connectivity index (χ4v) is 5.54. The summed E-state index contributed by atoms with van der Waals surface area (Å²) >= 11 is 0. The number of ether oxygens (including phenoxy) is 1. The summed E-state index contributed by atoms with van der Waals surface area (Å²) in [5, 5.41) is 2.96. The molecule has 1 saturated carbocycles. The zero-order valence-electron chi connectivity index (χ0n) is 16.6. The largest absolute Gasteiger partial charge is 0.474 e.